The molecule has 3 aromatic rings. The summed E-state index contributed by atoms with van der Waals surface area (Å²) in [6, 6.07) is 18.9. The van der Waals surface area contributed by atoms with Gasteiger partial charge in [0.2, 0.25) is 0 Å². The van der Waals surface area contributed by atoms with Gasteiger partial charge in [-0.15, -0.1) is 0 Å². The summed E-state index contributed by atoms with van der Waals surface area (Å²) < 4.78 is 0. The second kappa shape index (κ2) is 7.75. The van der Waals surface area contributed by atoms with E-state index in [1.54, 1.807) is 36.5 Å². The van der Waals surface area contributed by atoms with E-state index in [4.69, 9.17) is 0 Å². The Labute approximate surface area is 169 Å². The molecular formula is C23H22N4O2. The van der Waals surface area contributed by atoms with Crippen molar-refractivity contribution in [2.45, 2.75) is 26.3 Å². The topological polar surface area (TPSA) is 74.3 Å². The first-order chi connectivity index (χ1) is 14.0. The third kappa shape index (κ3) is 3.82. The number of aromatic nitrogens is 1. The van der Waals surface area contributed by atoms with Crippen LogP contribution in [0.3, 0.4) is 0 Å². The van der Waals surface area contributed by atoms with Gasteiger partial charge in [-0.2, -0.15) is 5.01 Å². The van der Waals surface area contributed by atoms with Crippen LogP contribution in [-0.2, 0) is 6.54 Å². The van der Waals surface area contributed by atoms with Crippen LogP contribution in [0, 0.1) is 0 Å². The lowest BCUT2D eigenvalue weighted by molar-refractivity contribution is 0.0690. The number of hydrazine groups is 1. The number of imide groups is 1. The molecule has 0 saturated carbocycles. The zero-order valence-corrected chi connectivity index (χ0v) is 16.3. The Morgan fingerprint density at radius 3 is 2.10 bits per heavy atom. The maximum atomic E-state index is 12.4. The van der Waals surface area contributed by atoms with Gasteiger partial charge in [0.15, 0.2) is 0 Å². The van der Waals surface area contributed by atoms with Gasteiger partial charge >= 0.3 is 0 Å². The minimum absolute atomic E-state index is 0.376. The molecule has 0 spiro atoms. The first-order valence-corrected chi connectivity index (χ1v) is 9.56. The third-order valence-electron chi connectivity index (χ3n) is 4.93. The van der Waals surface area contributed by atoms with Crippen molar-refractivity contribution in [1.29, 1.82) is 0 Å². The van der Waals surface area contributed by atoms with Crippen molar-refractivity contribution in [3.05, 3.63) is 89.1 Å². The Bertz CT molecular complexity index is 1010. The van der Waals surface area contributed by atoms with Gasteiger partial charge in [0.25, 0.3) is 11.8 Å². The highest BCUT2D eigenvalue weighted by Gasteiger charge is 2.35. The molecule has 0 bridgehead atoms. The van der Waals surface area contributed by atoms with E-state index in [0.717, 1.165) is 10.7 Å². The number of rotatable bonds is 6. The number of amides is 2. The molecule has 4 rings (SSSR count). The first kappa shape index (κ1) is 18.7. The number of hydrogen-bond donors (Lipinski definition) is 2. The van der Waals surface area contributed by atoms with Gasteiger partial charge in [-0.1, -0.05) is 50.2 Å². The molecule has 2 aromatic carbocycles. The molecule has 1 aliphatic rings. The fourth-order valence-electron chi connectivity index (χ4n) is 3.19. The lowest BCUT2D eigenvalue weighted by Gasteiger charge is -2.16. The Morgan fingerprint density at radius 2 is 1.55 bits per heavy atom. The number of carbonyl (C=O) groups is 2. The fraction of sp³-hybridized carbons (Fsp3) is 0.174. The lowest BCUT2D eigenvalue weighted by Crippen LogP contribution is -2.35. The molecule has 0 atom stereocenters. The van der Waals surface area contributed by atoms with Crippen LogP contribution in [0.2, 0.25) is 0 Å². The summed E-state index contributed by atoms with van der Waals surface area (Å²) in [5.74, 6) is 0.189. The van der Waals surface area contributed by atoms with Crippen LogP contribution in [0.1, 0.15) is 51.6 Å². The van der Waals surface area contributed by atoms with Gasteiger partial charge in [-0.3, -0.25) is 15.0 Å². The number of carbonyl (C=O) groups excluding carboxylic acids is 2. The van der Waals surface area contributed by atoms with Crippen LogP contribution < -0.4 is 10.7 Å². The van der Waals surface area contributed by atoms with Crippen LogP contribution in [0.25, 0.3) is 0 Å². The molecule has 0 aliphatic carbocycles. The van der Waals surface area contributed by atoms with Crippen LogP contribution in [0.5, 0.6) is 0 Å². The molecule has 0 fully saturated rings. The SMILES string of the molecule is CC(C)c1ccc(CNc2ccc(NN3C(=O)c4ccccc4C3=O)nc2)cc1. The summed E-state index contributed by atoms with van der Waals surface area (Å²) >= 11 is 0. The normalized spacial score (nSPS) is 13.0. The molecule has 0 radical (unpaired) electrons. The van der Waals surface area contributed by atoms with Gasteiger partial charge in [0, 0.05) is 6.54 Å². The highest BCUT2D eigenvalue weighted by molar-refractivity contribution is 6.21. The molecule has 146 valence electrons. The van der Waals surface area contributed by atoms with Crippen molar-refractivity contribution >= 4 is 23.3 Å². The molecule has 29 heavy (non-hydrogen) atoms. The van der Waals surface area contributed by atoms with E-state index in [9.17, 15) is 9.59 Å². The van der Waals surface area contributed by atoms with E-state index in [0.29, 0.717) is 29.4 Å². The predicted molar refractivity (Wildman–Crippen MR) is 113 cm³/mol. The average molecular weight is 386 g/mol. The number of anilines is 2. The zero-order chi connectivity index (χ0) is 20.4. The van der Waals surface area contributed by atoms with Crippen LogP contribution in [0.15, 0.2) is 66.9 Å². The average Bonchev–Trinajstić information content (AvgIpc) is 2.98. The van der Waals surface area contributed by atoms with Gasteiger partial charge in [-0.25, -0.2) is 4.98 Å². The summed E-state index contributed by atoms with van der Waals surface area (Å²) in [5, 5.41) is 4.32. The first-order valence-electron chi connectivity index (χ1n) is 9.56. The number of hydrogen-bond acceptors (Lipinski definition) is 5. The maximum absolute atomic E-state index is 12.4. The number of pyridine rings is 1. The Hall–Kier alpha value is -3.67. The van der Waals surface area contributed by atoms with E-state index in [1.165, 1.54) is 11.1 Å². The molecule has 0 saturated heterocycles. The van der Waals surface area contributed by atoms with E-state index in [2.05, 4.69) is 53.8 Å². The number of benzene rings is 2. The Morgan fingerprint density at radius 1 is 0.897 bits per heavy atom. The van der Waals surface area contributed by atoms with E-state index in [-0.39, 0.29) is 11.8 Å². The standard InChI is InChI=1S/C23H22N4O2/c1-15(2)17-9-7-16(8-10-17)13-24-18-11-12-21(25-14-18)26-27-22(28)19-5-3-4-6-20(19)23(27)29/h3-12,14-15,24H,13H2,1-2H3,(H,25,26). The van der Waals surface area contributed by atoms with E-state index < -0.39 is 0 Å². The molecular weight excluding hydrogens is 364 g/mol. The minimum atomic E-state index is -0.376. The van der Waals surface area contributed by atoms with Gasteiger partial charge in [0.05, 0.1) is 23.0 Å². The zero-order valence-electron chi connectivity index (χ0n) is 16.3. The number of nitrogens with one attached hydrogen (secondary N) is 2. The van der Waals surface area contributed by atoms with Gasteiger partial charge in [0.1, 0.15) is 5.82 Å². The maximum Gasteiger partial charge on any atom is 0.280 e. The molecule has 6 nitrogen and oxygen atoms in total. The van der Waals surface area contributed by atoms with Crippen LogP contribution in [-0.4, -0.2) is 21.8 Å². The van der Waals surface area contributed by atoms with Gasteiger partial charge < -0.3 is 5.32 Å². The van der Waals surface area contributed by atoms with Gasteiger partial charge in [-0.05, 0) is 41.3 Å². The molecule has 2 amide bonds. The Kier molecular flexibility index (Phi) is 4.99. The van der Waals surface area contributed by atoms with E-state index >= 15 is 0 Å². The number of nitrogens with zero attached hydrogens (tertiary/aromatic N) is 2. The molecule has 1 aliphatic heterocycles. The lowest BCUT2D eigenvalue weighted by atomic mass is 10.0. The van der Waals surface area contributed by atoms with Crippen molar-refractivity contribution in [1.82, 2.24) is 9.99 Å². The van der Waals surface area contributed by atoms with Crippen LogP contribution >= 0.6 is 0 Å². The third-order valence-corrected chi connectivity index (χ3v) is 4.93. The highest BCUT2D eigenvalue weighted by Crippen LogP contribution is 2.23. The molecule has 1 aromatic heterocycles. The van der Waals surface area contributed by atoms with Crippen molar-refractivity contribution in [2.24, 2.45) is 0 Å². The second-order valence-electron chi connectivity index (χ2n) is 7.29. The number of fused-ring (bicyclic) bond motifs is 1. The summed E-state index contributed by atoms with van der Waals surface area (Å²) in [5.41, 5.74) is 6.94. The summed E-state index contributed by atoms with van der Waals surface area (Å²) in [7, 11) is 0. The second-order valence-corrected chi connectivity index (χ2v) is 7.29. The Balaban J connectivity index is 1.37. The minimum Gasteiger partial charge on any atom is -0.380 e. The molecule has 2 heterocycles. The quantitative estimate of drug-likeness (QED) is 0.613. The smallest absolute Gasteiger partial charge is 0.280 e. The largest absolute Gasteiger partial charge is 0.380 e. The monoisotopic (exact) mass is 386 g/mol. The van der Waals surface area contributed by atoms with Crippen molar-refractivity contribution in [3.8, 4) is 0 Å². The summed E-state index contributed by atoms with van der Waals surface area (Å²) in [6.45, 7) is 5.04. The van der Waals surface area contributed by atoms with Crippen LogP contribution in [0.4, 0.5) is 11.5 Å². The van der Waals surface area contributed by atoms with Crippen molar-refractivity contribution in [3.63, 3.8) is 0 Å². The van der Waals surface area contributed by atoms with Crippen molar-refractivity contribution in [2.75, 3.05) is 10.7 Å². The predicted octanol–water partition coefficient (Wildman–Crippen LogP) is 4.44. The molecule has 6 heteroatoms. The fourth-order valence-corrected chi connectivity index (χ4v) is 3.19. The summed E-state index contributed by atoms with van der Waals surface area (Å²) in [4.78, 5) is 29.1. The molecule has 0 unspecified atom stereocenters. The summed E-state index contributed by atoms with van der Waals surface area (Å²) in [6.07, 6.45) is 1.67. The highest BCUT2D eigenvalue weighted by atomic mass is 16.2. The van der Waals surface area contributed by atoms with E-state index in [1.807, 2.05) is 6.07 Å². The molecule has 2 N–H and O–H groups in total. The van der Waals surface area contributed by atoms with Crippen molar-refractivity contribution < 1.29 is 9.59 Å².